The first kappa shape index (κ1) is 21.3. The van der Waals surface area contributed by atoms with Crippen molar-refractivity contribution >= 4 is 21.4 Å². The molecule has 2 aromatic carbocycles. The fourth-order valence-corrected chi connectivity index (χ4v) is 4.81. The fourth-order valence-electron chi connectivity index (χ4n) is 3.75. The monoisotopic (exact) mass is 416 g/mol. The van der Waals surface area contributed by atoms with Crippen LogP contribution in [0.2, 0.25) is 0 Å². The van der Waals surface area contributed by atoms with Gasteiger partial charge in [0.25, 0.3) is 5.91 Å². The Bertz CT molecular complexity index is 1050. The normalized spacial score (nSPS) is 14.6. The molecule has 1 aliphatic rings. The van der Waals surface area contributed by atoms with E-state index in [1.165, 1.54) is 18.7 Å². The topological polar surface area (TPSA) is 75.7 Å². The molecule has 0 saturated heterocycles. The molecule has 7 heteroatoms. The number of benzene rings is 2. The van der Waals surface area contributed by atoms with Crippen LogP contribution in [-0.4, -0.2) is 46.2 Å². The molecule has 0 radical (unpaired) electrons. The zero-order valence-corrected chi connectivity index (χ0v) is 18.4. The van der Waals surface area contributed by atoms with Crippen LogP contribution in [-0.2, 0) is 22.8 Å². The second-order valence-electron chi connectivity index (χ2n) is 7.90. The minimum atomic E-state index is -3.49. The van der Waals surface area contributed by atoms with Gasteiger partial charge in [-0.05, 0) is 54.3 Å². The Morgan fingerprint density at radius 1 is 1.24 bits per heavy atom. The van der Waals surface area contributed by atoms with Crippen molar-refractivity contribution in [2.75, 3.05) is 32.3 Å². The Morgan fingerprint density at radius 3 is 2.59 bits per heavy atom. The Morgan fingerprint density at radius 2 is 1.97 bits per heavy atom. The van der Waals surface area contributed by atoms with Crippen LogP contribution in [0, 0.1) is 0 Å². The van der Waals surface area contributed by atoms with Crippen molar-refractivity contribution in [1.82, 2.24) is 4.90 Å². The number of hydrogen-bond acceptors (Lipinski definition) is 5. The number of carbonyl (C=O) groups excluding carboxylic acids is 1. The summed E-state index contributed by atoms with van der Waals surface area (Å²) >= 11 is 0. The second-order valence-corrected chi connectivity index (χ2v) is 9.89. The molecule has 0 atom stereocenters. The molecule has 0 fully saturated rings. The molecule has 6 nitrogen and oxygen atoms in total. The van der Waals surface area contributed by atoms with Crippen molar-refractivity contribution in [1.29, 1.82) is 0 Å². The van der Waals surface area contributed by atoms with Gasteiger partial charge in [0.2, 0.25) is 0 Å². The van der Waals surface area contributed by atoms with Gasteiger partial charge in [-0.25, -0.2) is 8.42 Å². The summed E-state index contributed by atoms with van der Waals surface area (Å²) in [7, 11) is 0.0603. The zero-order valence-electron chi connectivity index (χ0n) is 17.6. The van der Waals surface area contributed by atoms with Crippen molar-refractivity contribution in [3.63, 3.8) is 0 Å². The molecule has 0 aromatic heterocycles. The standard InChI is InChI=1S/C22H28N2O4S/c1-14(2)17-11-20(28-4)18(12-21(17)29(5,26)27)22(25)23-19-8-6-7-15-13-24(3)10-9-16(15)19/h6-8,11-12,14H,9-10,13H2,1-5H3,(H,23,25). The first-order valence-corrected chi connectivity index (χ1v) is 11.5. The van der Waals surface area contributed by atoms with Gasteiger partial charge in [0, 0.05) is 25.0 Å². The van der Waals surface area contributed by atoms with E-state index in [1.807, 2.05) is 26.0 Å². The predicted octanol–water partition coefficient (Wildman–Crippen LogP) is 3.46. The zero-order chi connectivity index (χ0) is 21.3. The number of methoxy groups -OCH3 is 1. The van der Waals surface area contributed by atoms with E-state index in [-0.39, 0.29) is 22.3 Å². The lowest BCUT2D eigenvalue weighted by Crippen LogP contribution is -2.27. The Hall–Kier alpha value is -2.38. The molecule has 1 amide bonds. The molecule has 156 valence electrons. The third kappa shape index (κ3) is 4.46. The number of fused-ring (bicyclic) bond motifs is 1. The lowest BCUT2D eigenvalue weighted by molar-refractivity contribution is 0.102. The third-order valence-electron chi connectivity index (χ3n) is 5.30. The minimum absolute atomic E-state index is 0.0242. The van der Waals surface area contributed by atoms with Gasteiger partial charge in [0.05, 0.1) is 17.6 Å². The number of amides is 1. The van der Waals surface area contributed by atoms with E-state index in [0.717, 1.165) is 37.0 Å². The minimum Gasteiger partial charge on any atom is -0.496 e. The Kier molecular flexibility index (Phi) is 6.00. The predicted molar refractivity (Wildman–Crippen MR) is 115 cm³/mol. The number of sulfone groups is 1. The van der Waals surface area contributed by atoms with Crippen LogP contribution < -0.4 is 10.1 Å². The summed E-state index contributed by atoms with van der Waals surface area (Å²) < 4.78 is 30.1. The van der Waals surface area contributed by atoms with Crippen LogP contribution in [0.1, 0.15) is 46.8 Å². The average molecular weight is 417 g/mol. The highest BCUT2D eigenvalue weighted by Crippen LogP contribution is 2.33. The first-order valence-electron chi connectivity index (χ1n) is 9.64. The van der Waals surface area contributed by atoms with Gasteiger partial charge in [0.15, 0.2) is 9.84 Å². The summed E-state index contributed by atoms with van der Waals surface area (Å²) in [6, 6.07) is 8.97. The first-order chi connectivity index (χ1) is 13.6. The quantitative estimate of drug-likeness (QED) is 0.808. The molecule has 29 heavy (non-hydrogen) atoms. The smallest absolute Gasteiger partial charge is 0.259 e. The van der Waals surface area contributed by atoms with Gasteiger partial charge in [-0.3, -0.25) is 4.79 Å². The highest BCUT2D eigenvalue weighted by Gasteiger charge is 2.24. The van der Waals surface area contributed by atoms with Crippen LogP contribution in [0.3, 0.4) is 0 Å². The van der Waals surface area contributed by atoms with Gasteiger partial charge in [0.1, 0.15) is 5.75 Å². The molecular weight excluding hydrogens is 388 g/mol. The van der Waals surface area contributed by atoms with E-state index < -0.39 is 9.84 Å². The second kappa shape index (κ2) is 8.16. The van der Waals surface area contributed by atoms with E-state index >= 15 is 0 Å². The van der Waals surface area contributed by atoms with Gasteiger partial charge in [-0.2, -0.15) is 0 Å². The lowest BCUT2D eigenvalue weighted by atomic mass is 9.97. The number of carbonyl (C=O) groups is 1. The molecule has 0 aliphatic carbocycles. The van der Waals surface area contributed by atoms with Crippen LogP contribution in [0.5, 0.6) is 5.75 Å². The van der Waals surface area contributed by atoms with E-state index in [0.29, 0.717) is 11.3 Å². The lowest BCUT2D eigenvalue weighted by Gasteiger charge is -2.27. The summed E-state index contributed by atoms with van der Waals surface area (Å²) in [4.78, 5) is 15.5. The summed E-state index contributed by atoms with van der Waals surface area (Å²) in [5.74, 6) is -0.0404. The number of ether oxygens (including phenoxy) is 1. The van der Waals surface area contributed by atoms with Crippen LogP contribution in [0.25, 0.3) is 0 Å². The van der Waals surface area contributed by atoms with Crippen molar-refractivity contribution in [3.8, 4) is 5.75 Å². The highest BCUT2D eigenvalue weighted by atomic mass is 32.2. The summed E-state index contributed by atoms with van der Waals surface area (Å²) in [5.41, 5.74) is 3.93. The highest BCUT2D eigenvalue weighted by molar-refractivity contribution is 7.90. The maximum absolute atomic E-state index is 13.1. The van der Waals surface area contributed by atoms with Gasteiger partial charge < -0.3 is 15.0 Å². The van der Waals surface area contributed by atoms with Crippen LogP contribution >= 0.6 is 0 Å². The molecule has 1 N–H and O–H groups in total. The van der Waals surface area contributed by atoms with Gasteiger partial charge in [-0.15, -0.1) is 0 Å². The van der Waals surface area contributed by atoms with Crippen molar-refractivity contribution in [2.24, 2.45) is 0 Å². The van der Waals surface area contributed by atoms with E-state index in [2.05, 4.69) is 23.3 Å². The molecule has 0 saturated carbocycles. The van der Waals surface area contributed by atoms with Crippen LogP contribution in [0.15, 0.2) is 35.2 Å². The van der Waals surface area contributed by atoms with Crippen molar-refractivity contribution < 1.29 is 17.9 Å². The van der Waals surface area contributed by atoms with E-state index in [9.17, 15) is 13.2 Å². The van der Waals surface area contributed by atoms with E-state index in [4.69, 9.17) is 4.74 Å². The van der Waals surface area contributed by atoms with Crippen LogP contribution in [0.4, 0.5) is 5.69 Å². The molecule has 2 aromatic rings. The molecule has 0 unspecified atom stereocenters. The van der Waals surface area contributed by atoms with Gasteiger partial charge in [-0.1, -0.05) is 26.0 Å². The average Bonchev–Trinajstić information content (AvgIpc) is 2.65. The number of hydrogen-bond donors (Lipinski definition) is 1. The summed E-state index contributed by atoms with van der Waals surface area (Å²) in [6.07, 6.45) is 2.01. The van der Waals surface area contributed by atoms with Gasteiger partial charge >= 0.3 is 0 Å². The third-order valence-corrected chi connectivity index (χ3v) is 6.46. The maximum Gasteiger partial charge on any atom is 0.259 e. The Labute approximate surface area is 172 Å². The molecule has 0 bridgehead atoms. The molecule has 0 spiro atoms. The van der Waals surface area contributed by atoms with E-state index in [1.54, 1.807) is 6.07 Å². The van der Waals surface area contributed by atoms with Crippen molar-refractivity contribution in [2.45, 2.75) is 37.6 Å². The molecule has 1 aliphatic heterocycles. The summed E-state index contributed by atoms with van der Waals surface area (Å²) in [6.45, 7) is 5.58. The number of nitrogens with one attached hydrogen (secondary N) is 1. The largest absolute Gasteiger partial charge is 0.496 e. The fraction of sp³-hybridized carbons (Fsp3) is 0.409. The SMILES string of the molecule is COc1cc(C(C)C)c(S(C)(=O)=O)cc1C(=O)Nc1cccc2c1CCN(C)C2. The number of likely N-dealkylation sites (N-methyl/N-ethyl adjacent to an activating group) is 1. The molecule has 1 heterocycles. The number of nitrogens with zero attached hydrogens (tertiary/aromatic N) is 1. The molecular formula is C22H28N2O4S. The number of rotatable bonds is 5. The van der Waals surface area contributed by atoms with Crippen molar-refractivity contribution in [3.05, 3.63) is 52.6 Å². The number of anilines is 1. The Balaban J connectivity index is 2.03. The molecule has 3 rings (SSSR count). The maximum atomic E-state index is 13.1. The summed E-state index contributed by atoms with van der Waals surface area (Å²) in [5, 5.41) is 2.97.